The Balaban J connectivity index is 2.95. The quantitative estimate of drug-likeness (QED) is 0.479. The lowest BCUT2D eigenvalue weighted by Crippen LogP contribution is -2.32. The molecule has 1 aromatic carbocycles. The zero-order chi connectivity index (χ0) is 12.8. The van der Waals surface area contributed by atoms with E-state index in [1.807, 2.05) is 19.1 Å². The number of aryl methyl sites for hydroxylation is 1. The van der Waals surface area contributed by atoms with Crippen molar-refractivity contribution < 1.29 is 9.59 Å². The predicted molar refractivity (Wildman–Crippen MR) is 67.9 cm³/mol. The van der Waals surface area contributed by atoms with E-state index >= 15 is 0 Å². The SMILES string of the molecule is C=CCC(C(=O)NC)C(=O)c1ccc(C)cc1. The van der Waals surface area contributed by atoms with E-state index in [-0.39, 0.29) is 11.7 Å². The number of Topliss-reactive ketones (excluding diaryl/α,β-unsaturated/α-hetero) is 1. The third-order valence-electron chi connectivity index (χ3n) is 2.62. The summed E-state index contributed by atoms with van der Waals surface area (Å²) in [4.78, 5) is 23.7. The number of ketones is 1. The zero-order valence-electron chi connectivity index (χ0n) is 10.2. The largest absolute Gasteiger partial charge is 0.359 e. The number of nitrogens with one attached hydrogen (secondary N) is 1. The molecule has 3 nitrogen and oxygen atoms in total. The van der Waals surface area contributed by atoms with Gasteiger partial charge in [0.2, 0.25) is 5.91 Å². The van der Waals surface area contributed by atoms with Crippen LogP contribution in [0.4, 0.5) is 0 Å². The second-order valence-corrected chi connectivity index (χ2v) is 3.92. The van der Waals surface area contributed by atoms with Gasteiger partial charge in [-0.15, -0.1) is 6.58 Å². The maximum Gasteiger partial charge on any atom is 0.231 e. The van der Waals surface area contributed by atoms with Gasteiger partial charge in [-0.3, -0.25) is 9.59 Å². The number of carbonyl (C=O) groups excluding carboxylic acids is 2. The Morgan fingerprint density at radius 1 is 1.35 bits per heavy atom. The monoisotopic (exact) mass is 231 g/mol. The van der Waals surface area contributed by atoms with Crippen molar-refractivity contribution in [2.24, 2.45) is 5.92 Å². The fourth-order valence-corrected chi connectivity index (χ4v) is 1.59. The molecule has 3 heteroatoms. The highest BCUT2D eigenvalue weighted by Crippen LogP contribution is 2.14. The van der Waals surface area contributed by atoms with E-state index in [4.69, 9.17) is 0 Å². The summed E-state index contributed by atoms with van der Waals surface area (Å²) in [5, 5.41) is 2.50. The van der Waals surface area contributed by atoms with Crippen molar-refractivity contribution >= 4 is 11.7 Å². The molecule has 1 N–H and O–H groups in total. The van der Waals surface area contributed by atoms with Crippen molar-refractivity contribution in [1.29, 1.82) is 0 Å². The first-order valence-corrected chi connectivity index (χ1v) is 5.53. The van der Waals surface area contributed by atoms with Gasteiger partial charge in [0.25, 0.3) is 0 Å². The van der Waals surface area contributed by atoms with Crippen LogP contribution in [0.5, 0.6) is 0 Å². The molecule has 90 valence electrons. The summed E-state index contributed by atoms with van der Waals surface area (Å²) in [5.41, 5.74) is 1.65. The molecule has 0 spiro atoms. The summed E-state index contributed by atoms with van der Waals surface area (Å²) in [6.07, 6.45) is 1.94. The second kappa shape index (κ2) is 5.99. The van der Waals surface area contributed by atoms with Gasteiger partial charge in [0.15, 0.2) is 5.78 Å². The van der Waals surface area contributed by atoms with Crippen molar-refractivity contribution in [3.8, 4) is 0 Å². The molecular weight excluding hydrogens is 214 g/mol. The van der Waals surface area contributed by atoms with Crippen LogP contribution in [0.2, 0.25) is 0 Å². The van der Waals surface area contributed by atoms with E-state index in [0.717, 1.165) is 5.56 Å². The van der Waals surface area contributed by atoms with Crippen LogP contribution < -0.4 is 5.32 Å². The van der Waals surface area contributed by atoms with E-state index in [1.165, 1.54) is 7.05 Å². The van der Waals surface area contributed by atoms with Gasteiger partial charge in [-0.25, -0.2) is 0 Å². The molecule has 0 aliphatic carbocycles. The smallest absolute Gasteiger partial charge is 0.231 e. The van der Waals surface area contributed by atoms with Gasteiger partial charge in [0.05, 0.1) is 0 Å². The maximum absolute atomic E-state index is 12.1. The average molecular weight is 231 g/mol. The van der Waals surface area contributed by atoms with Crippen LogP contribution in [0, 0.1) is 12.8 Å². The fraction of sp³-hybridized carbons (Fsp3) is 0.286. The molecule has 0 radical (unpaired) electrons. The number of hydrogen-bond donors (Lipinski definition) is 1. The number of hydrogen-bond acceptors (Lipinski definition) is 2. The Kier molecular flexibility index (Phi) is 4.64. The van der Waals surface area contributed by atoms with E-state index in [2.05, 4.69) is 11.9 Å². The zero-order valence-corrected chi connectivity index (χ0v) is 10.2. The molecule has 0 aliphatic rings. The number of allylic oxidation sites excluding steroid dienone is 1. The minimum absolute atomic E-state index is 0.163. The molecular formula is C14H17NO2. The lowest BCUT2D eigenvalue weighted by molar-refractivity contribution is -0.123. The maximum atomic E-state index is 12.1. The molecule has 0 bridgehead atoms. The summed E-state index contributed by atoms with van der Waals surface area (Å²) < 4.78 is 0. The highest BCUT2D eigenvalue weighted by Gasteiger charge is 2.25. The molecule has 1 atom stereocenters. The third kappa shape index (κ3) is 3.28. The molecule has 0 saturated carbocycles. The topological polar surface area (TPSA) is 46.2 Å². The van der Waals surface area contributed by atoms with E-state index in [1.54, 1.807) is 18.2 Å². The van der Waals surface area contributed by atoms with Gasteiger partial charge in [-0.05, 0) is 13.3 Å². The number of amides is 1. The minimum atomic E-state index is -0.680. The lowest BCUT2D eigenvalue weighted by Gasteiger charge is -2.12. The van der Waals surface area contributed by atoms with Crippen LogP contribution in [-0.2, 0) is 4.79 Å². The highest BCUT2D eigenvalue weighted by atomic mass is 16.2. The Morgan fingerprint density at radius 3 is 2.41 bits per heavy atom. The predicted octanol–water partition coefficient (Wildman–Crippen LogP) is 2.12. The van der Waals surface area contributed by atoms with Gasteiger partial charge < -0.3 is 5.32 Å². The van der Waals surface area contributed by atoms with E-state index in [0.29, 0.717) is 12.0 Å². The van der Waals surface area contributed by atoms with Crippen LogP contribution in [0.25, 0.3) is 0 Å². The van der Waals surface area contributed by atoms with E-state index in [9.17, 15) is 9.59 Å². The van der Waals surface area contributed by atoms with Crippen LogP contribution in [0.1, 0.15) is 22.3 Å². The van der Waals surface area contributed by atoms with Gasteiger partial charge in [-0.1, -0.05) is 35.9 Å². The van der Waals surface area contributed by atoms with Crippen molar-refractivity contribution in [3.63, 3.8) is 0 Å². The minimum Gasteiger partial charge on any atom is -0.359 e. The Bertz CT molecular complexity index is 420. The van der Waals surface area contributed by atoms with Crippen LogP contribution in [0.3, 0.4) is 0 Å². The first-order valence-electron chi connectivity index (χ1n) is 5.53. The van der Waals surface area contributed by atoms with Crippen molar-refractivity contribution in [2.45, 2.75) is 13.3 Å². The summed E-state index contributed by atoms with van der Waals surface area (Å²) in [6, 6.07) is 7.22. The molecule has 1 unspecified atom stereocenters. The van der Waals surface area contributed by atoms with Crippen LogP contribution in [-0.4, -0.2) is 18.7 Å². The van der Waals surface area contributed by atoms with Gasteiger partial charge in [0.1, 0.15) is 5.92 Å². The molecule has 0 heterocycles. The molecule has 0 fully saturated rings. The standard InChI is InChI=1S/C14H17NO2/c1-4-5-12(14(17)15-3)13(16)11-8-6-10(2)7-9-11/h4,6-9,12H,1,5H2,2-3H3,(H,15,17). The first-order chi connectivity index (χ1) is 8.10. The molecule has 0 aromatic heterocycles. The lowest BCUT2D eigenvalue weighted by atomic mass is 9.93. The summed E-state index contributed by atoms with van der Waals surface area (Å²) >= 11 is 0. The molecule has 1 amide bonds. The van der Waals surface area contributed by atoms with Crippen LogP contribution >= 0.6 is 0 Å². The Morgan fingerprint density at radius 2 is 1.94 bits per heavy atom. The molecule has 1 rings (SSSR count). The third-order valence-corrected chi connectivity index (χ3v) is 2.62. The molecule has 0 saturated heterocycles. The number of rotatable bonds is 5. The summed E-state index contributed by atoms with van der Waals surface area (Å²) in [5.74, 6) is -1.11. The molecule has 0 aliphatic heterocycles. The van der Waals surface area contributed by atoms with Crippen molar-refractivity contribution in [2.75, 3.05) is 7.05 Å². The highest BCUT2D eigenvalue weighted by molar-refractivity contribution is 6.10. The van der Waals surface area contributed by atoms with Crippen molar-refractivity contribution in [3.05, 3.63) is 48.0 Å². The first kappa shape index (κ1) is 13.2. The number of benzene rings is 1. The normalized spacial score (nSPS) is 11.6. The molecule has 1 aromatic rings. The summed E-state index contributed by atoms with van der Waals surface area (Å²) in [7, 11) is 1.53. The Hall–Kier alpha value is -1.90. The molecule has 17 heavy (non-hydrogen) atoms. The van der Waals surface area contributed by atoms with Gasteiger partial charge >= 0.3 is 0 Å². The van der Waals surface area contributed by atoms with Gasteiger partial charge in [-0.2, -0.15) is 0 Å². The average Bonchev–Trinajstić information content (AvgIpc) is 2.35. The Labute approximate surface area is 102 Å². The fourth-order valence-electron chi connectivity index (χ4n) is 1.59. The second-order valence-electron chi connectivity index (χ2n) is 3.92. The van der Waals surface area contributed by atoms with Crippen molar-refractivity contribution in [1.82, 2.24) is 5.32 Å². The van der Waals surface area contributed by atoms with E-state index < -0.39 is 5.92 Å². The summed E-state index contributed by atoms with van der Waals surface area (Å²) in [6.45, 7) is 5.53. The number of carbonyl (C=O) groups is 2. The van der Waals surface area contributed by atoms with Gasteiger partial charge in [0, 0.05) is 12.6 Å². The van der Waals surface area contributed by atoms with Crippen LogP contribution in [0.15, 0.2) is 36.9 Å².